The van der Waals surface area contributed by atoms with Gasteiger partial charge in [-0.15, -0.1) is 0 Å². The summed E-state index contributed by atoms with van der Waals surface area (Å²) in [5.41, 5.74) is 2.18. The third-order valence-electron chi connectivity index (χ3n) is 6.23. The van der Waals surface area contributed by atoms with Crippen LogP contribution < -0.4 is 10.1 Å². The molecule has 1 N–H and O–H groups in total. The average Bonchev–Trinajstić information content (AvgIpc) is 3.24. The van der Waals surface area contributed by atoms with Gasteiger partial charge in [-0.1, -0.05) is 23.5 Å². The number of hydrogen-bond donors (Lipinski definition) is 1. The number of amides is 1. The van der Waals surface area contributed by atoms with Crippen LogP contribution in [0.3, 0.4) is 0 Å². The second-order valence-corrected chi connectivity index (χ2v) is 9.24. The number of fused-ring (bicyclic) bond motifs is 3. The van der Waals surface area contributed by atoms with Crippen molar-refractivity contribution in [1.29, 1.82) is 0 Å². The predicted octanol–water partition coefficient (Wildman–Crippen LogP) is 4.16. The number of piperidine rings is 1. The van der Waals surface area contributed by atoms with Gasteiger partial charge in [0.1, 0.15) is 16.1 Å². The van der Waals surface area contributed by atoms with Gasteiger partial charge in [0.15, 0.2) is 0 Å². The predicted molar refractivity (Wildman–Crippen MR) is 118 cm³/mol. The molecule has 0 radical (unpaired) electrons. The van der Waals surface area contributed by atoms with Crippen LogP contribution in [-0.2, 0) is 11.2 Å². The van der Waals surface area contributed by atoms with E-state index in [1.165, 1.54) is 29.7 Å². The second kappa shape index (κ2) is 8.32. The Balaban J connectivity index is 1.16. The van der Waals surface area contributed by atoms with Gasteiger partial charge in [-0.05, 0) is 61.9 Å². The van der Waals surface area contributed by atoms with E-state index in [1.54, 1.807) is 13.1 Å². The lowest BCUT2D eigenvalue weighted by Gasteiger charge is -2.39. The molecule has 1 unspecified atom stereocenters. The van der Waals surface area contributed by atoms with E-state index in [-0.39, 0.29) is 5.91 Å². The third kappa shape index (κ3) is 4.18. The average molecular weight is 423 g/mol. The number of rotatable bonds is 6. The minimum Gasteiger partial charge on any atom is -0.431 e. The van der Waals surface area contributed by atoms with Crippen molar-refractivity contribution in [2.45, 2.75) is 57.2 Å². The molecular formula is C23H26N4O2S. The highest BCUT2D eigenvalue weighted by Gasteiger charge is 2.40. The molecule has 0 saturated carbocycles. The summed E-state index contributed by atoms with van der Waals surface area (Å²) in [6.07, 6.45) is 7.48. The first-order chi connectivity index (χ1) is 14.6. The summed E-state index contributed by atoms with van der Waals surface area (Å²) >= 11 is 1.46. The molecule has 1 amide bonds. The summed E-state index contributed by atoms with van der Waals surface area (Å²) in [5.74, 6) is 0.895. The maximum atomic E-state index is 11.4. The van der Waals surface area contributed by atoms with Gasteiger partial charge in [0.25, 0.3) is 5.19 Å². The molecule has 6 nitrogen and oxygen atoms in total. The fourth-order valence-electron chi connectivity index (χ4n) is 4.92. The van der Waals surface area contributed by atoms with Crippen LogP contribution in [0.15, 0.2) is 42.6 Å². The van der Waals surface area contributed by atoms with Gasteiger partial charge in [-0.2, -0.15) is 0 Å². The lowest BCUT2D eigenvalue weighted by molar-refractivity contribution is -0.120. The molecule has 0 aliphatic carbocycles. The molecule has 0 spiro atoms. The number of ether oxygens (including phenoxy) is 1. The van der Waals surface area contributed by atoms with Crippen LogP contribution in [-0.4, -0.2) is 45.4 Å². The number of thiazole rings is 1. The molecule has 3 atom stereocenters. The molecule has 5 rings (SSSR count). The summed E-state index contributed by atoms with van der Waals surface area (Å²) in [7, 11) is 0. The molecule has 2 aliphatic heterocycles. The first-order valence-electron chi connectivity index (χ1n) is 10.7. The van der Waals surface area contributed by atoms with Gasteiger partial charge < -0.3 is 10.1 Å². The SMILES string of the molecule is CC(=O)NC1C[C@H]2CC[C@@H](C1)N2CCc1ccc(Oc2nc3cccnc3s2)cc1. The topological polar surface area (TPSA) is 67.4 Å². The molecule has 2 bridgehead atoms. The molecule has 156 valence electrons. The molecule has 1 aromatic carbocycles. The third-order valence-corrected chi connectivity index (χ3v) is 7.08. The zero-order valence-electron chi connectivity index (χ0n) is 17.1. The van der Waals surface area contributed by atoms with Crippen molar-refractivity contribution in [2.75, 3.05) is 6.54 Å². The molecule has 30 heavy (non-hydrogen) atoms. The molecule has 3 aromatic rings. The van der Waals surface area contributed by atoms with Crippen molar-refractivity contribution in [1.82, 2.24) is 20.2 Å². The largest absolute Gasteiger partial charge is 0.431 e. The summed E-state index contributed by atoms with van der Waals surface area (Å²) in [5, 5.41) is 3.74. The Kier molecular flexibility index (Phi) is 5.39. The van der Waals surface area contributed by atoms with Gasteiger partial charge in [-0.3, -0.25) is 9.69 Å². The zero-order chi connectivity index (χ0) is 20.5. The van der Waals surface area contributed by atoms with Crippen LogP contribution >= 0.6 is 11.3 Å². The van der Waals surface area contributed by atoms with E-state index in [0.29, 0.717) is 23.3 Å². The van der Waals surface area contributed by atoms with Crippen molar-refractivity contribution in [3.05, 3.63) is 48.2 Å². The Hall–Kier alpha value is -2.51. The maximum Gasteiger partial charge on any atom is 0.281 e. The summed E-state index contributed by atoms with van der Waals surface area (Å²) < 4.78 is 5.92. The monoisotopic (exact) mass is 422 g/mol. The highest BCUT2D eigenvalue weighted by Crippen LogP contribution is 2.36. The Labute approximate surface area is 180 Å². The number of nitrogens with one attached hydrogen (secondary N) is 1. The van der Waals surface area contributed by atoms with Gasteiger partial charge in [-0.25, -0.2) is 9.97 Å². The van der Waals surface area contributed by atoms with Gasteiger partial charge in [0.05, 0.1) is 0 Å². The highest BCUT2D eigenvalue weighted by atomic mass is 32.1. The highest BCUT2D eigenvalue weighted by molar-refractivity contribution is 7.19. The zero-order valence-corrected chi connectivity index (χ0v) is 17.9. The summed E-state index contributed by atoms with van der Waals surface area (Å²) in [4.78, 5) is 23.7. The minimum atomic E-state index is 0.0947. The smallest absolute Gasteiger partial charge is 0.281 e. The van der Waals surface area contributed by atoms with E-state index in [2.05, 4.69) is 32.3 Å². The van der Waals surface area contributed by atoms with Crippen LogP contribution in [0.25, 0.3) is 10.3 Å². The second-order valence-electron chi connectivity index (χ2n) is 8.30. The number of nitrogens with zero attached hydrogens (tertiary/aromatic N) is 3. The molecular weight excluding hydrogens is 396 g/mol. The number of pyridine rings is 1. The van der Waals surface area contributed by atoms with Crippen LogP contribution in [0.4, 0.5) is 0 Å². The quantitative estimate of drug-likeness (QED) is 0.646. The van der Waals surface area contributed by atoms with Gasteiger partial charge in [0.2, 0.25) is 5.91 Å². The number of hydrogen-bond acceptors (Lipinski definition) is 6. The normalized spacial score (nSPS) is 23.6. The first kappa shape index (κ1) is 19.5. The molecule has 2 saturated heterocycles. The van der Waals surface area contributed by atoms with E-state index in [9.17, 15) is 4.79 Å². The van der Waals surface area contributed by atoms with Crippen LogP contribution in [0.5, 0.6) is 10.9 Å². The van der Waals surface area contributed by atoms with Gasteiger partial charge in [0, 0.05) is 37.8 Å². The van der Waals surface area contributed by atoms with E-state index >= 15 is 0 Å². The lowest BCUT2D eigenvalue weighted by Crippen LogP contribution is -2.50. The Bertz CT molecular complexity index is 988. The van der Waals surface area contributed by atoms with E-state index in [1.807, 2.05) is 24.3 Å². The number of aromatic nitrogens is 2. The maximum absolute atomic E-state index is 11.4. The molecule has 2 fully saturated rings. The molecule has 4 heterocycles. The van der Waals surface area contributed by atoms with Crippen molar-refractivity contribution in [2.24, 2.45) is 0 Å². The standard InChI is InChI=1S/C23H26N4O2S/c1-15(28)25-17-13-18-6-7-19(14-17)27(18)12-10-16-4-8-20(9-5-16)29-23-26-21-3-2-11-24-22(21)30-23/h2-5,8-9,11,17-19H,6-7,10,12-14H2,1H3,(H,25,28)/t17?,18-,19+. The first-order valence-corrected chi connectivity index (χ1v) is 11.5. The van der Waals surface area contributed by atoms with Crippen LogP contribution in [0.1, 0.15) is 38.2 Å². The van der Waals surface area contributed by atoms with Crippen molar-refractivity contribution >= 4 is 27.6 Å². The Morgan fingerprint density at radius 3 is 2.67 bits per heavy atom. The van der Waals surface area contributed by atoms with Gasteiger partial charge >= 0.3 is 0 Å². The van der Waals surface area contributed by atoms with Crippen molar-refractivity contribution in [3.8, 4) is 10.9 Å². The fourth-order valence-corrected chi connectivity index (χ4v) is 5.70. The minimum absolute atomic E-state index is 0.0947. The summed E-state index contributed by atoms with van der Waals surface area (Å²) in [6, 6.07) is 13.7. The van der Waals surface area contributed by atoms with Crippen molar-refractivity contribution < 1.29 is 9.53 Å². The fraction of sp³-hybridized carbons (Fsp3) is 0.435. The van der Waals surface area contributed by atoms with Crippen molar-refractivity contribution in [3.63, 3.8) is 0 Å². The number of benzene rings is 1. The molecule has 2 aliphatic rings. The summed E-state index contributed by atoms with van der Waals surface area (Å²) in [6.45, 7) is 2.70. The number of carbonyl (C=O) groups excluding carboxylic acids is 1. The Morgan fingerprint density at radius 1 is 1.20 bits per heavy atom. The number of carbonyl (C=O) groups is 1. The molecule has 7 heteroatoms. The van der Waals surface area contributed by atoms with E-state index < -0.39 is 0 Å². The van der Waals surface area contributed by atoms with E-state index in [0.717, 1.165) is 41.9 Å². The molecule has 2 aromatic heterocycles. The van der Waals surface area contributed by atoms with E-state index in [4.69, 9.17) is 4.74 Å². The Morgan fingerprint density at radius 2 is 1.97 bits per heavy atom. The van der Waals surface area contributed by atoms with Crippen LogP contribution in [0, 0.1) is 0 Å². The lowest BCUT2D eigenvalue weighted by atomic mass is 9.96. The van der Waals surface area contributed by atoms with Crippen LogP contribution in [0.2, 0.25) is 0 Å².